The van der Waals surface area contributed by atoms with Gasteiger partial charge in [-0.2, -0.15) is 0 Å². The molecule has 40 heavy (non-hydrogen) atoms. The van der Waals surface area contributed by atoms with E-state index in [1.165, 1.54) is 24.3 Å². The van der Waals surface area contributed by atoms with Gasteiger partial charge in [-0.3, -0.25) is 9.80 Å². The fraction of sp³-hybridized carbons (Fsp3) is 0.379. The molecule has 2 aliphatic rings. The van der Waals surface area contributed by atoms with Crippen molar-refractivity contribution in [3.05, 3.63) is 59.7 Å². The van der Waals surface area contributed by atoms with Gasteiger partial charge in [-0.05, 0) is 59.1 Å². The predicted molar refractivity (Wildman–Crippen MR) is 135 cm³/mol. The SMILES string of the molecule is C#CC#CC#C.FC(F)(F)Oc1ccc(CN2CCC3(CC2)OCCN3Cc2ccc(OC(F)(F)F)cc2)cc1. The Morgan fingerprint density at radius 3 is 1.60 bits per heavy atom. The van der Waals surface area contributed by atoms with Crippen LogP contribution in [0.15, 0.2) is 48.5 Å². The third kappa shape index (κ3) is 9.73. The Kier molecular flexibility index (Phi) is 10.4. The first-order valence-corrected chi connectivity index (χ1v) is 12.1. The topological polar surface area (TPSA) is 34.2 Å². The zero-order chi connectivity index (χ0) is 29.2. The fourth-order valence-electron chi connectivity index (χ4n) is 4.53. The number of benzene rings is 2. The summed E-state index contributed by atoms with van der Waals surface area (Å²) in [4.78, 5) is 4.43. The number of nitrogens with zero attached hydrogens (tertiary/aromatic N) is 2. The summed E-state index contributed by atoms with van der Waals surface area (Å²) in [6.07, 6.45) is 1.45. The summed E-state index contributed by atoms with van der Waals surface area (Å²) < 4.78 is 88.0. The third-order valence-corrected chi connectivity index (χ3v) is 6.25. The van der Waals surface area contributed by atoms with Gasteiger partial charge in [0.1, 0.15) is 17.2 Å². The molecule has 1 spiro atoms. The number of ether oxygens (including phenoxy) is 3. The fourth-order valence-corrected chi connectivity index (χ4v) is 4.53. The Balaban J connectivity index is 0.000000663. The number of hydrogen-bond donors (Lipinski definition) is 0. The number of likely N-dealkylation sites (tertiary alicyclic amines) is 1. The van der Waals surface area contributed by atoms with Gasteiger partial charge in [-0.25, -0.2) is 0 Å². The maximum absolute atomic E-state index is 12.4. The zero-order valence-electron chi connectivity index (χ0n) is 21.3. The lowest BCUT2D eigenvalue weighted by Gasteiger charge is -2.43. The highest BCUT2D eigenvalue weighted by Gasteiger charge is 2.44. The predicted octanol–water partition coefficient (Wildman–Crippen LogP) is 5.56. The highest BCUT2D eigenvalue weighted by Crippen LogP contribution is 2.36. The van der Waals surface area contributed by atoms with Gasteiger partial charge in [0.25, 0.3) is 0 Å². The second kappa shape index (κ2) is 13.5. The second-order valence-electron chi connectivity index (χ2n) is 8.91. The van der Waals surface area contributed by atoms with Crippen molar-refractivity contribution in [3.63, 3.8) is 0 Å². The molecule has 0 aliphatic carbocycles. The number of halogens is 6. The number of rotatable bonds is 6. The first-order valence-electron chi connectivity index (χ1n) is 12.1. The van der Waals surface area contributed by atoms with E-state index in [4.69, 9.17) is 17.6 Å². The third-order valence-electron chi connectivity index (χ3n) is 6.25. The van der Waals surface area contributed by atoms with Crippen molar-refractivity contribution in [1.82, 2.24) is 9.80 Å². The average molecular weight is 565 g/mol. The zero-order valence-corrected chi connectivity index (χ0v) is 21.3. The van der Waals surface area contributed by atoms with Crippen LogP contribution in [0.3, 0.4) is 0 Å². The van der Waals surface area contributed by atoms with Gasteiger partial charge in [0.05, 0.1) is 6.61 Å². The molecule has 0 unspecified atom stereocenters. The first-order chi connectivity index (χ1) is 18.9. The number of alkyl halides is 6. The molecular formula is C29H26F6N2O3. The molecular weight excluding hydrogens is 538 g/mol. The summed E-state index contributed by atoms with van der Waals surface area (Å²) in [6.45, 7) is 3.94. The van der Waals surface area contributed by atoms with E-state index in [9.17, 15) is 26.3 Å². The molecule has 0 radical (unpaired) electrons. The Hall–Kier alpha value is -3.82. The first kappa shape index (κ1) is 30.7. The second-order valence-corrected chi connectivity index (χ2v) is 8.91. The van der Waals surface area contributed by atoms with Crippen molar-refractivity contribution in [2.45, 2.75) is 44.4 Å². The van der Waals surface area contributed by atoms with E-state index in [2.05, 4.69) is 43.0 Å². The van der Waals surface area contributed by atoms with Crippen LogP contribution < -0.4 is 9.47 Å². The van der Waals surface area contributed by atoms with E-state index in [0.717, 1.165) is 43.6 Å². The largest absolute Gasteiger partial charge is 0.573 e. The van der Waals surface area contributed by atoms with Gasteiger partial charge < -0.3 is 14.2 Å². The van der Waals surface area contributed by atoms with Crippen molar-refractivity contribution in [1.29, 1.82) is 0 Å². The lowest BCUT2D eigenvalue weighted by Crippen LogP contribution is -2.52. The Labute approximate surface area is 229 Å². The molecule has 0 saturated carbocycles. The van der Waals surface area contributed by atoms with Crippen molar-refractivity contribution >= 4 is 0 Å². The Morgan fingerprint density at radius 1 is 0.725 bits per heavy atom. The molecule has 0 aromatic heterocycles. The van der Waals surface area contributed by atoms with Crippen LogP contribution in [-0.2, 0) is 17.8 Å². The summed E-state index contributed by atoms with van der Waals surface area (Å²) in [5, 5.41) is 0. The molecule has 2 saturated heterocycles. The van der Waals surface area contributed by atoms with Crippen LogP contribution in [-0.4, -0.2) is 54.5 Å². The van der Waals surface area contributed by atoms with Crippen LogP contribution in [0, 0.1) is 36.5 Å². The molecule has 2 aliphatic heterocycles. The standard InChI is InChI=1S/C23H24F6N2O3.C6H2/c24-22(25,26)33-19-5-1-17(2-6-19)15-30-11-9-21(10-12-30)31(13-14-32-21)16-18-3-7-20(8-4-18)34-23(27,28)29;1-3-5-6-4-2/h1-8H,9-16H2;1-2H. The van der Waals surface area contributed by atoms with Gasteiger partial charge in [0.15, 0.2) is 0 Å². The Morgan fingerprint density at radius 2 is 1.18 bits per heavy atom. The lowest BCUT2D eigenvalue weighted by molar-refractivity contribution is -0.275. The summed E-state index contributed by atoms with van der Waals surface area (Å²) in [7, 11) is 0. The molecule has 4 rings (SSSR count). The van der Waals surface area contributed by atoms with Crippen LogP contribution >= 0.6 is 0 Å². The molecule has 11 heteroatoms. The van der Waals surface area contributed by atoms with E-state index in [1.54, 1.807) is 24.3 Å². The van der Waals surface area contributed by atoms with Gasteiger partial charge in [0, 0.05) is 45.6 Å². The van der Waals surface area contributed by atoms with Crippen molar-refractivity contribution in [2.75, 3.05) is 26.2 Å². The highest BCUT2D eigenvalue weighted by atomic mass is 19.4. The molecule has 212 valence electrons. The molecule has 0 atom stereocenters. The van der Waals surface area contributed by atoms with E-state index >= 15 is 0 Å². The van der Waals surface area contributed by atoms with Crippen LogP contribution in [0.25, 0.3) is 0 Å². The molecule has 0 bridgehead atoms. The average Bonchev–Trinajstić information content (AvgIpc) is 3.26. The van der Waals surface area contributed by atoms with Gasteiger partial charge in [-0.1, -0.05) is 24.3 Å². The van der Waals surface area contributed by atoms with Crippen molar-refractivity contribution in [3.8, 4) is 48.0 Å². The van der Waals surface area contributed by atoms with E-state index in [-0.39, 0.29) is 11.5 Å². The van der Waals surface area contributed by atoms with Crippen LogP contribution in [0.4, 0.5) is 26.3 Å². The van der Waals surface area contributed by atoms with Crippen molar-refractivity contribution in [2.24, 2.45) is 0 Å². The molecule has 2 aromatic carbocycles. The molecule has 5 nitrogen and oxygen atoms in total. The van der Waals surface area contributed by atoms with Crippen LogP contribution in [0.1, 0.15) is 24.0 Å². The summed E-state index contributed by atoms with van der Waals surface area (Å²) >= 11 is 0. The normalized spacial score (nSPS) is 17.0. The van der Waals surface area contributed by atoms with Gasteiger partial charge >= 0.3 is 12.7 Å². The van der Waals surface area contributed by atoms with Crippen molar-refractivity contribution < 1.29 is 40.6 Å². The quantitative estimate of drug-likeness (QED) is 0.339. The minimum Gasteiger partial charge on any atom is -0.406 e. The summed E-state index contributed by atoms with van der Waals surface area (Å²) in [6, 6.07) is 11.7. The maximum atomic E-state index is 12.4. The lowest BCUT2D eigenvalue weighted by atomic mass is 9.97. The van der Waals surface area contributed by atoms with Gasteiger partial charge in [-0.15, -0.1) is 39.2 Å². The summed E-state index contributed by atoms with van der Waals surface area (Å²) in [5.41, 5.74) is 1.32. The Bertz CT molecular complexity index is 1220. The highest BCUT2D eigenvalue weighted by molar-refractivity contribution is 5.31. The molecule has 0 amide bonds. The summed E-state index contributed by atoms with van der Waals surface area (Å²) in [5.74, 6) is 8.11. The van der Waals surface area contributed by atoms with Gasteiger partial charge in [0.2, 0.25) is 0 Å². The number of piperidine rings is 1. The minimum absolute atomic E-state index is 0.248. The number of hydrogen-bond acceptors (Lipinski definition) is 5. The number of terminal acetylenes is 2. The monoisotopic (exact) mass is 564 g/mol. The van der Waals surface area contributed by atoms with E-state index < -0.39 is 18.4 Å². The van der Waals surface area contributed by atoms with E-state index in [0.29, 0.717) is 19.7 Å². The molecule has 2 heterocycles. The smallest absolute Gasteiger partial charge is 0.406 e. The van der Waals surface area contributed by atoms with E-state index in [1.807, 2.05) is 0 Å². The maximum Gasteiger partial charge on any atom is 0.573 e. The van der Waals surface area contributed by atoms with Crippen LogP contribution in [0.5, 0.6) is 11.5 Å². The molecule has 0 N–H and O–H groups in total. The van der Waals surface area contributed by atoms with Crippen LogP contribution in [0.2, 0.25) is 0 Å². The molecule has 2 fully saturated rings. The molecule has 2 aromatic rings. The minimum atomic E-state index is -4.72.